The molecule has 2 N–H and O–H groups in total. The van der Waals surface area contributed by atoms with E-state index in [9.17, 15) is 4.79 Å². The molecule has 1 radical (unpaired) electrons. The molecule has 0 aliphatic heterocycles. The molecule has 4 heteroatoms. The minimum Gasteiger partial charge on any atom is -0.365 e. The first kappa shape index (κ1) is 8.20. The summed E-state index contributed by atoms with van der Waals surface area (Å²) >= 11 is 3.10. The molecule has 11 heavy (non-hydrogen) atoms. The van der Waals surface area contributed by atoms with E-state index in [0.29, 0.717) is 4.60 Å². The molecule has 1 amide bonds. The fraction of sp³-hybridized carbons (Fsp3) is 0.143. The molecular weight excluding hydrogens is 208 g/mol. The summed E-state index contributed by atoms with van der Waals surface area (Å²) in [5, 5.41) is 0. The zero-order chi connectivity index (χ0) is 8.43. The lowest BCUT2D eigenvalue weighted by Gasteiger charge is -1.97. The third-order valence-electron chi connectivity index (χ3n) is 1.15. The predicted octanol–water partition coefficient (Wildman–Crippen LogP) is 1.05. The Hall–Kier alpha value is -0.900. The number of hydrogen-bond acceptors (Lipinski definition) is 2. The molecule has 1 aromatic rings. The molecule has 0 spiro atoms. The largest absolute Gasteiger partial charge is 0.365 e. The van der Waals surface area contributed by atoms with E-state index in [1.165, 1.54) is 0 Å². The van der Waals surface area contributed by atoms with Crippen molar-refractivity contribution in [3.05, 3.63) is 28.0 Å². The second-order valence-electron chi connectivity index (χ2n) is 2.07. The van der Waals surface area contributed by atoms with Crippen LogP contribution in [0.15, 0.2) is 10.7 Å². The van der Waals surface area contributed by atoms with Gasteiger partial charge in [0.05, 0.1) is 5.56 Å². The number of carbonyl (C=O) groups is 1. The van der Waals surface area contributed by atoms with Crippen molar-refractivity contribution in [1.82, 2.24) is 4.98 Å². The number of aromatic nitrogens is 1. The lowest BCUT2D eigenvalue weighted by molar-refractivity contribution is 0.0999. The summed E-state index contributed by atoms with van der Waals surface area (Å²) in [4.78, 5) is 14.6. The van der Waals surface area contributed by atoms with E-state index in [0.717, 1.165) is 5.69 Å². The van der Waals surface area contributed by atoms with Crippen molar-refractivity contribution in [2.45, 2.75) is 6.92 Å². The minimum atomic E-state index is -0.524. The van der Waals surface area contributed by atoms with Gasteiger partial charge in [0.1, 0.15) is 4.60 Å². The topological polar surface area (TPSA) is 56.0 Å². The van der Waals surface area contributed by atoms with Gasteiger partial charge in [-0.05, 0) is 35.0 Å². The number of amides is 1. The summed E-state index contributed by atoms with van der Waals surface area (Å²) in [5.74, 6) is -0.524. The zero-order valence-electron chi connectivity index (χ0n) is 5.89. The van der Waals surface area contributed by atoms with Gasteiger partial charge in [0, 0.05) is 5.69 Å². The summed E-state index contributed by atoms with van der Waals surface area (Å²) in [6.07, 6.45) is 0. The summed E-state index contributed by atoms with van der Waals surface area (Å²) in [7, 11) is 0. The van der Waals surface area contributed by atoms with Crippen molar-refractivity contribution in [1.29, 1.82) is 0 Å². The van der Waals surface area contributed by atoms with E-state index in [1.54, 1.807) is 6.07 Å². The minimum absolute atomic E-state index is 0.288. The molecule has 0 saturated carbocycles. The molecule has 0 fully saturated rings. The molecule has 57 valence electrons. The van der Waals surface area contributed by atoms with Crippen molar-refractivity contribution >= 4 is 21.8 Å². The quantitative estimate of drug-likeness (QED) is 0.710. The van der Waals surface area contributed by atoms with E-state index in [-0.39, 0.29) is 5.56 Å². The number of carbonyl (C=O) groups excluding carboxylic acids is 1. The molecule has 1 heterocycles. The Morgan fingerprint density at radius 2 is 2.45 bits per heavy atom. The third-order valence-corrected chi connectivity index (χ3v) is 1.73. The van der Waals surface area contributed by atoms with E-state index < -0.39 is 5.91 Å². The lowest BCUT2D eigenvalue weighted by atomic mass is 10.2. The van der Waals surface area contributed by atoms with Crippen LogP contribution in [0.3, 0.4) is 0 Å². The van der Waals surface area contributed by atoms with Crippen LogP contribution in [0, 0.1) is 13.0 Å². The monoisotopic (exact) mass is 213 g/mol. The second kappa shape index (κ2) is 3.00. The molecule has 0 aliphatic carbocycles. The Balaban J connectivity index is 3.20. The van der Waals surface area contributed by atoms with Crippen LogP contribution in [-0.2, 0) is 0 Å². The second-order valence-corrected chi connectivity index (χ2v) is 2.82. The number of primary amides is 1. The van der Waals surface area contributed by atoms with Gasteiger partial charge in [-0.3, -0.25) is 4.79 Å². The first-order chi connectivity index (χ1) is 5.11. The van der Waals surface area contributed by atoms with Crippen molar-refractivity contribution in [2.75, 3.05) is 0 Å². The Morgan fingerprint density at radius 1 is 1.82 bits per heavy atom. The van der Waals surface area contributed by atoms with Crippen LogP contribution < -0.4 is 5.73 Å². The summed E-state index contributed by atoms with van der Waals surface area (Å²) < 4.78 is 0.449. The van der Waals surface area contributed by atoms with Crippen LogP contribution >= 0.6 is 15.9 Å². The van der Waals surface area contributed by atoms with Crippen molar-refractivity contribution < 1.29 is 4.79 Å². The standard InChI is InChI=1S/C7H6BrN2O/c1-4-2-3-5(7(9)11)6(8)10-4/h2H,1H3,(H2,9,11). The van der Waals surface area contributed by atoms with E-state index in [1.807, 2.05) is 6.92 Å². The highest BCUT2D eigenvalue weighted by atomic mass is 79.9. The maximum Gasteiger partial charge on any atom is 0.252 e. The molecule has 3 nitrogen and oxygen atoms in total. The number of nitrogens with two attached hydrogens (primary N) is 1. The van der Waals surface area contributed by atoms with Crippen LogP contribution in [0.25, 0.3) is 0 Å². The first-order valence-corrected chi connectivity index (χ1v) is 3.75. The number of halogens is 1. The average Bonchev–Trinajstić information content (AvgIpc) is 1.85. The smallest absolute Gasteiger partial charge is 0.252 e. The molecule has 0 unspecified atom stereocenters. The van der Waals surface area contributed by atoms with Crippen molar-refractivity contribution in [3.8, 4) is 0 Å². The maximum absolute atomic E-state index is 10.7. The fourth-order valence-corrected chi connectivity index (χ4v) is 1.24. The Bertz CT molecular complexity index is 298. The van der Waals surface area contributed by atoms with Gasteiger partial charge in [0.25, 0.3) is 5.91 Å². The number of rotatable bonds is 1. The van der Waals surface area contributed by atoms with Crippen molar-refractivity contribution in [2.24, 2.45) is 5.73 Å². The molecule has 0 bridgehead atoms. The molecule has 0 saturated heterocycles. The number of pyridine rings is 1. The van der Waals surface area contributed by atoms with Gasteiger partial charge in [0.2, 0.25) is 0 Å². The number of hydrogen-bond donors (Lipinski definition) is 1. The van der Waals surface area contributed by atoms with Gasteiger partial charge >= 0.3 is 0 Å². The van der Waals surface area contributed by atoms with Crippen LogP contribution in [0.1, 0.15) is 16.1 Å². The van der Waals surface area contributed by atoms with Gasteiger partial charge in [-0.2, -0.15) is 0 Å². The van der Waals surface area contributed by atoms with E-state index in [2.05, 4.69) is 27.0 Å². The fourth-order valence-electron chi connectivity index (χ4n) is 0.652. The van der Waals surface area contributed by atoms with Crippen LogP contribution in [0.2, 0.25) is 0 Å². The van der Waals surface area contributed by atoms with Gasteiger partial charge < -0.3 is 5.73 Å². The van der Waals surface area contributed by atoms with E-state index >= 15 is 0 Å². The van der Waals surface area contributed by atoms with Crippen LogP contribution in [-0.4, -0.2) is 10.9 Å². The molecule has 1 aromatic heterocycles. The Morgan fingerprint density at radius 3 is 2.91 bits per heavy atom. The number of nitrogens with zero attached hydrogens (tertiary/aromatic N) is 1. The molecule has 1 rings (SSSR count). The average molecular weight is 214 g/mol. The Kier molecular flexibility index (Phi) is 2.24. The highest BCUT2D eigenvalue weighted by Crippen LogP contribution is 2.12. The van der Waals surface area contributed by atoms with Gasteiger partial charge in [0.15, 0.2) is 0 Å². The Labute approximate surface area is 72.7 Å². The van der Waals surface area contributed by atoms with Crippen molar-refractivity contribution in [3.63, 3.8) is 0 Å². The maximum atomic E-state index is 10.7. The predicted molar refractivity (Wildman–Crippen MR) is 44.0 cm³/mol. The summed E-state index contributed by atoms with van der Waals surface area (Å²) in [6, 6.07) is 4.34. The highest BCUT2D eigenvalue weighted by molar-refractivity contribution is 9.10. The molecule has 0 aliphatic rings. The van der Waals surface area contributed by atoms with Gasteiger partial charge in [-0.15, -0.1) is 0 Å². The molecular formula is C7H6BrN2O. The normalized spacial score (nSPS) is 9.64. The van der Waals surface area contributed by atoms with E-state index in [4.69, 9.17) is 5.73 Å². The summed E-state index contributed by atoms with van der Waals surface area (Å²) in [6.45, 7) is 1.81. The third kappa shape index (κ3) is 1.77. The molecule has 0 aromatic carbocycles. The highest BCUT2D eigenvalue weighted by Gasteiger charge is 2.06. The lowest BCUT2D eigenvalue weighted by Crippen LogP contribution is -2.12. The molecule has 0 atom stereocenters. The van der Waals surface area contributed by atoms with Gasteiger partial charge in [-0.1, -0.05) is 0 Å². The van der Waals surface area contributed by atoms with Crippen LogP contribution in [0.5, 0.6) is 0 Å². The van der Waals surface area contributed by atoms with Gasteiger partial charge in [-0.25, -0.2) is 4.98 Å². The zero-order valence-corrected chi connectivity index (χ0v) is 7.47. The first-order valence-electron chi connectivity index (χ1n) is 2.96. The summed E-state index contributed by atoms with van der Waals surface area (Å²) in [5.41, 5.74) is 6.11. The van der Waals surface area contributed by atoms with Crippen LogP contribution in [0.4, 0.5) is 0 Å². The number of aryl methyl sites for hydroxylation is 1. The SMILES string of the molecule is Cc1c[c]c(C(N)=O)c(Br)n1.